The van der Waals surface area contributed by atoms with Crippen molar-refractivity contribution in [3.63, 3.8) is 0 Å². The predicted octanol–water partition coefficient (Wildman–Crippen LogP) is -2.21. The van der Waals surface area contributed by atoms with Gasteiger partial charge in [0.05, 0.1) is 6.10 Å². The van der Waals surface area contributed by atoms with E-state index in [1.165, 1.54) is 6.92 Å². The largest absolute Gasteiger partial charge is 0.396 e. The Morgan fingerprint density at radius 3 is 2.43 bits per heavy atom. The zero-order valence-corrected chi connectivity index (χ0v) is 7.88. The third-order valence-corrected chi connectivity index (χ3v) is 1.70. The topological polar surface area (TPSA) is 107 Å². The molecule has 0 radical (unpaired) electrons. The van der Waals surface area contributed by atoms with Crippen molar-refractivity contribution in [1.29, 1.82) is 0 Å². The van der Waals surface area contributed by atoms with Crippen LogP contribution >= 0.6 is 0 Å². The van der Waals surface area contributed by atoms with Crippen molar-refractivity contribution in [1.82, 2.24) is 5.32 Å². The van der Waals surface area contributed by atoms with Crippen LogP contribution in [0.1, 0.15) is 13.3 Å². The van der Waals surface area contributed by atoms with Crippen LogP contribution in [-0.4, -0.2) is 52.4 Å². The Labute approximate surface area is 81.5 Å². The molecule has 0 aromatic carbocycles. The standard InChI is InChI=1S/C8H15NO5/c1-5(12)9-6(4-11)8(14)7(13)2-3-10/h4,6-8,10,13-14H,2-3H2,1H3,(H,9,12)/t6-,7-,8+/m1/s1. The van der Waals surface area contributed by atoms with Gasteiger partial charge in [-0.05, 0) is 6.42 Å². The fraction of sp³-hybridized carbons (Fsp3) is 0.750. The zero-order valence-electron chi connectivity index (χ0n) is 7.88. The predicted molar refractivity (Wildman–Crippen MR) is 47.4 cm³/mol. The molecule has 3 atom stereocenters. The molecule has 0 fully saturated rings. The van der Waals surface area contributed by atoms with Crippen LogP contribution in [0.15, 0.2) is 0 Å². The minimum atomic E-state index is -1.40. The van der Waals surface area contributed by atoms with Gasteiger partial charge >= 0.3 is 0 Å². The highest BCUT2D eigenvalue weighted by molar-refractivity contribution is 5.77. The van der Waals surface area contributed by atoms with E-state index in [0.29, 0.717) is 6.29 Å². The molecule has 0 aromatic rings. The maximum atomic E-state index is 10.6. The Bertz CT molecular complexity index is 196. The third kappa shape index (κ3) is 4.31. The summed E-state index contributed by atoms with van der Waals surface area (Å²) in [4.78, 5) is 21.0. The molecule has 14 heavy (non-hydrogen) atoms. The van der Waals surface area contributed by atoms with Crippen molar-refractivity contribution in [2.45, 2.75) is 31.6 Å². The Hall–Kier alpha value is -0.980. The van der Waals surface area contributed by atoms with Gasteiger partial charge in [-0.2, -0.15) is 0 Å². The first-order valence-electron chi connectivity index (χ1n) is 4.22. The minimum Gasteiger partial charge on any atom is -0.396 e. The van der Waals surface area contributed by atoms with E-state index in [2.05, 4.69) is 5.32 Å². The molecule has 0 spiro atoms. The summed E-state index contributed by atoms with van der Waals surface area (Å²) in [5.41, 5.74) is 0. The number of aliphatic hydroxyl groups is 3. The number of hydrogen-bond acceptors (Lipinski definition) is 5. The molecule has 0 aromatic heterocycles. The first-order chi connectivity index (χ1) is 6.52. The van der Waals surface area contributed by atoms with Crippen LogP contribution in [0.3, 0.4) is 0 Å². The van der Waals surface area contributed by atoms with Gasteiger partial charge in [0.1, 0.15) is 18.4 Å². The lowest BCUT2D eigenvalue weighted by molar-refractivity contribution is -0.126. The fourth-order valence-corrected chi connectivity index (χ4v) is 0.977. The van der Waals surface area contributed by atoms with Gasteiger partial charge in [0, 0.05) is 13.5 Å². The highest BCUT2D eigenvalue weighted by Gasteiger charge is 2.26. The molecule has 6 heteroatoms. The number of carbonyl (C=O) groups is 2. The summed E-state index contributed by atoms with van der Waals surface area (Å²) in [7, 11) is 0. The summed E-state index contributed by atoms with van der Waals surface area (Å²) in [6.45, 7) is 0.894. The van der Waals surface area contributed by atoms with E-state index < -0.39 is 24.2 Å². The number of hydrogen-bond donors (Lipinski definition) is 4. The average molecular weight is 205 g/mol. The molecule has 6 nitrogen and oxygen atoms in total. The summed E-state index contributed by atoms with van der Waals surface area (Å²) >= 11 is 0. The van der Waals surface area contributed by atoms with Crippen molar-refractivity contribution >= 4 is 12.2 Å². The van der Waals surface area contributed by atoms with E-state index in [4.69, 9.17) is 5.11 Å². The van der Waals surface area contributed by atoms with Gasteiger partial charge < -0.3 is 25.4 Å². The van der Waals surface area contributed by atoms with Crippen molar-refractivity contribution in [3.8, 4) is 0 Å². The normalized spacial score (nSPS) is 16.9. The average Bonchev–Trinajstić information content (AvgIpc) is 2.13. The second-order valence-electron chi connectivity index (χ2n) is 2.93. The molecule has 0 saturated heterocycles. The maximum Gasteiger partial charge on any atom is 0.217 e. The Morgan fingerprint density at radius 1 is 1.50 bits per heavy atom. The molecular weight excluding hydrogens is 190 g/mol. The quantitative estimate of drug-likeness (QED) is 0.368. The molecule has 1 amide bonds. The van der Waals surface area contributed by atoms with E-state index in [0.717, 1.165) is 0 Å². The summed E-state index contributed by atoms with van der Waals surface area (Å²) in [5, 5.41) is 29.2. The summed E-state index contributed by atoms with van der Waals surface area (Å²) in [6, 6.07) is -1.14. The van der Waals surface area contributed by atoms with Crippen LogP contribution in [-0.2, 0) is 9.59 Å². The monoisotopic (exact) mass is 205 g/mol. The molecule has 0 unspecified atom stereocenters. The van der Waals surface area contributed by atoms with Crippen LogP contribution in [0.4, 0.5) is 0 Å². The van der Waals surface area contributed by atoms with E-state index in [-0.39, 0.29) is 13.0 Å². The Balaban J connectivity index is 4.21. The van der Waals surface area contributed by atoms with E-state index >= 15 is 0 Å². The number of carbonyl (C=O) groups excluding carboxylic acids is 2. The number of aliphatic hydroxyl groups excluding tert-OH is 3. The van der Waals surface area contributed by atoms with Gasteiger partial charge in [-0.1, -0.05) is 0 Å². The first kappa shape index (κ1) is 13.0. The summed E-state index contributed by atoms with van der Waals surface area (Å²) in [5.74, 6) is -0.475. The molecule has 82 valence electrons. The molecule has 0 aliphatic heterocycles. The van der Waals surface area contributed by atoms with Gasteiger partial charge in [0.2, 0.25) is 5.91 Å². The lowest BCUT2D eigenvalue weighted by atomic mass is 10.0. The van der Waals surface area contributed by atoms with Crippen LogP contribution < -0.4 is 5.32 Å². The van der Waals surface area contributed by atoms with Crippen molar-refractivity contribution in [3.05, 3.63) is 0 Å². The van der Waals surface area contributed by atoms with Crippen LogP contribution in [0.2, 0.25) is 0 Å². The lowest BCUT2D eigenvalue weighted by Crippen LogP contribution is -2.49. The lowest BCUT2D eigenvalue weighted by Gasteiger charge is -2.22. The summed E-state index contributed by atoms with van der Waals surface area (Å²) in [6.07, 6.45) is -2.34. The second-order valence-corrected chi connectivity index (χ2v) is 2.93. The Kier molecular flexibility index (Phi) is 6.02. The highest BCUT2D eigenvalue weighted by Crippen LogP contribution is 2.02. The van der Waals surface area contributed by atoms with Crippen LogP contribution in [0.5, 0.6) is 0 Å². The van der Waals surface area contributed by atoms with Crippen LogP contribution in [0, 0.1) is 0 Å². The number of rotatable bonds is 6. The van der Waals surface area contributed by atoms with Crippen molar-refractivity contribution < 1.29 is 24.9 Å². The fourth-order valence-electron chi connectivity index (χ4n) is 0.977. The minimum absolute atomic E-state index is 0.0505. The van der Waals surface area contributed by atoms with Gasteiger partial charge in [0.15, 0.2) is 0 Å². The molecule has 4 N–H and O–H groups in total. The molecule has 0 aliphatic rings. The number of amides is 1. The second kappa shape index (κ2) is 6.47. The SMILES string of the molecule is CC(=O)N[C@H](C=O)[C@H](O)[C@H](O)CCO. The van der Waals surface area contributed by atoms with E-state index in [1.807, 2.05) is 0 Å². The van der Waals surface area contributed by atoms with E-state index in [1.54, 1.807) is 0 Å². The summed E-state index contributed by atoms with van der Waals surface area (Å²) < 4.78 is 0. The number of aldehydes is 1. The highest BCUT2D eigenvalue weighted by atomic mass is 16.3. The molecule has 0 aliphatic carbocycles. The molecule has 0 saturated carbocycles. The number of nitrogens with one attached hydrogen (secondary N) is 1. The van der Waals surface area contributed by atoms with Crippen molar-refractivity contribution in [2.75, 3.05) is 6.61 Å². The third-order valence-electron chi connectivity index (χ3n) is 1.70. The Morgan fingerprint density at radius 2 is 2.07 bits per heavy atom. The smallest absolute Gasteiger partial charge is 0.217 e. The molecule has 0 heterocycles. The molecular formula is C8H15NO5. The van der Waals surface area contributed by atoms with Gasteiger partial charge in [-0.15, -0.1) is 0 Å². The molecule has 0 rings (SSSR count). The van der Waals surface area contributed by atoms with E-state index in [9.17, 15) is 19.8 Å². The molecule has 0 bridgehead atoms. The maximum absolute atomic E-state index is 10.6. The van der Waals surface area contributed by atoms with Gasteiger partial charge in [0.25, 0.3) is 0 Å². The van der Waals surface area contributed by atoms with Crippen molar-refractivity contribution in [2.24, 2.45) is 0 Å². The first-order valence-corrected chi connectivity index (χ1v) is 4.22. The zero-order chi connectivity index (χ0) is 11.1. The van der Waals surface area contributed by atoms with Crippen LogP contribution in [0.25, 0.3) is 0 Å². The van der Waals surface area contributed by atoms with Gasteiger partial charge in [-0.3, -0.25) is 4.79 Å². The van der Waals surface area contributed by atoms with Gasteiger partial charge in [-0.25, -0.2) is 0 Å².